The Labute approximate surface area is 113 Å². The van der Waals surface area contributed by atoms with Crippen molar-refractivity contribution < 1.29 is 10.2 Å². The minimum absolute atomic E-state index is 0.0885. The van der Waals surface area contributed by atoms with Gasteiger partial charge in [-0.3, -0.25) is 0 Å². The summed E-state index contributed by atoms with van der Waals surface area (Å²) in [6.07, 6.45) is 0. The van der Waals surface area contributed by atoms with Gasteiger partial charge in [-0.2, -0.15) is 0 Å². The summed E-state index contributed by atoms with van der Waals surface area (Å²) in [5.74, 6) is 0.177. The molecule has 0 spiro atoms. The van der Waals surface area contributed by atoms with Crippen LogP contribution in [-0.2, 0) is 0 Å². The average molecular weight is 254 g/mol. The second kappa shape index (κ2) is 4.81. The van der Waals surface area contributed by atoms with Gasteiger partial charge in [0.15, 0.2) is 0 Å². The Kier molecular flexibility index (Phi) is 3.34. The van der Waals surface area contributed by atoms with Crippen molar-refractivity contribution in [3.8, 4) is 22.6 Å². The first kappa shape index (κ1) is 13.2. The molecule has 0 fully saturated rings. The van der Waals surface area contributed by atoms with Crippen LogP contribution in [-0.4, -0.2) is 10.2 Å². The third-order valence-electron chi connectivity index (χ3n) is 3.15. The minimum atomic E-state index is 0.0885. The number of rotatable bonds is 2. The number of aryl methyl sites for hydroxylation is 2. The van der Waals surface area contributed by atoms with Crippen LogP contribution in [0, 0.1) is 13.8 Å². The molecule has 0 bridgehead atoms. The van der Waals surface area contributed by atoms with E-state index in [0.29, 0.717) is 5.56 Å². The van der Waals surface area contributed by atoms with E-state index in [1.807, 2.05) is 39.0 Å². The molecule has 0 aromatic heterocycles. The fourth-order valence-corrected chi connectivity index (χ4v) is 2.26. The number of hydrogen-bond donors (Lipinski definition) is 2. The zero-order valence-corrected chi connectivity index (χ0v) is 11.5. The molecule has 0 aliphatic carbocycles. The fourth-order valence-electron chi connectivity index (χ4n) is 2.26. The summed E-state index contributed by atoms with van der Waals surface area (Å²) >= 11 is 0. The lowest BCUT2D eigenvalue weighted by atomic mass is 9.92. The number of phenols is 2. The molecule has 2 nitrogen and oxygen atoms in total. The SMILES string of the molecule is C=C(C)c1ccc(C)cc1-c1c(O)cc(C)cc1O. The highest BCUT2D eigenvalue weighted by Crippen LogP contribution is 2.41. The topological polar surface area (TPSA) is 40.5 Å². The molecular weight excluding hydrogens is 236 g/mol. The van der Waals surface area contributed by atoms with E-state index in [1.165, 1.54) is 0 Å². The van der Waals surface area contributed by atoms with Gasteiger partial charge in [0.05, 0.1) is 5.56 Å². The largest absolute Gasteiger partial charge is 0.507 e. The van der Waals surface area contributed by atoms with Crippen LogP contribution in [0.4, 0.5) is 0 Å². The molecule has 0 unspecified atom stereocenters. The third kappa shape index (κ3) is 2.48. The number of phenolic OH excluding ortho intramolecular Hbond substituents is 2. The van der Waals surface area contributed by atoms with Crippen LogP contribution in [0.3, 0.4) is 0 Å². The Morgan fingerprint density at radius 2 is 1.53 bits per heavy atom. The van der Waals surface area contributed by atoms with Crippen LogP contribution in [0.25, 0.3) is 16.7 Å². The zero-order chi connectivity index (χ0) is 14.2. The fraction of sp³-hybridized carbons (Fsp3) is 0.176. The molecule has 0 heterocycles. The normalized spacial score (nSPS) is 10.5. The monoisotopic (exact) mass is 254 g/mol. The van der Waals surface area contributed by atoms with Crippen LogP contribution >= 0.6 is 0 Å². The van der Waals surface area contributed by atoms with E-state index in [0.717, 1.165) is 27.8 Å². The Hall–Kier alpha value is -2.22. The molecule has 0 radical (unpaired) electrons. The molecular formula is C17H18O2. The van der Waals surface area contributed by atoms with Crippen molar-refractivity contribution in [2.75, 3.05) is 0 Å². The van der Waals surface area contributed by atoms with E-state index < -0.39 is 0 Å². The van der Waals surface area contributed by atoms with Crippen molar-refractivity contribution in [2.45, 2.75) is 20.8 Å². The predicted molar refractivity (Wildman–Crippen MR) is 79.4 cm³/mol. The first-order chi connectivity index (χ1) is 8.90. The third-order valence-corrected chi connectivity index (χ3v) is 3.15. The molecule has 0 atom stereocenters. The van der Waals surface area contributed by atoms with Gasteiger partial charge in [-0.05, 0) is 49.6 Å². The van der Waals surface area contributed by atoms with Gasteiger partial charge in [0.2, 0.25) is 0 Å². The second-order valence-electron chi connectivity index (χ2n) is 5.01. The minimum Gasteiger partial charge on any atom is -0.507 e. The smallest absolute Gasteiger partial charge is 0.127 e. The molecule has 0 saturated heterocycles. The van der Waals surface area contributed by atoms with Gasteiger partial charge in [-0.15, -0.1) is 0 Å². The Morgan fingerprint density at radius 3 is 2.05 bits per heavy atom. The number of benzene rings is 2. The Morgan fingerprint density at radius 1 is 0.947 bits per heavy atom. The first-order valence-electron chi connectivity index (χ1n) is 6.19. The van der Waals surface area contributed by atoms with E-state index in [-0.39, 0.29) is 11.5 Å². The summed E-state index contributed by atoms with van der Waals surface area (Å²) in [4.78, 5) is 0. The van der Waals surface area contributed by atoms with Gasteiger partial charge < -0.3 is 10.2 Å². The summed E-state index contributed by atoms with van der Waals surface area (Å²) in [7, 11) is 0. The lowest BCUT2D eigenvalue weighted by Gasteiger charge is -2.14. The summed E-state index contributed by atoms with van der Waals surface area (Å²) in [5, 5.41) is 20.3. The number of hydrogen-bond acceptors (Lipinski definition) is 2. The van der Waals surface area contributed by atoms with E-state index in [1.54, 1.807) is 12.1 Å². The van der Waals surface area contributed by atoms with Gasteiger partial charge in [-0.1, -0.05) is 35.9 Å². The summed E-state index contributed by atoms with van der Waals surface area (Å²) in [6.45, 7) is 9.68. The molecule has 0 aliphatic heterocycles. The van der Waals surface area contributed by atoms with Gasteiger partial charge in [0.25, 0.3) is 0 Å². The summed E-state index contributed by atoms with van der Waals surface area (Å²) < 4.78 is 0. The van der Waals surface area contributed by atoms with E-state index in [4.69, 9.17) is 0 Å². The molecule has 2 N–H and O–H groups in total. The molecule has 2 aromatic rings. The molecule has 2 rings (SSSR count). The molecule has 2 heteroatoms. The maximum absolute atomic E-state index is 10.1. The van der Waals surface area contributed by atoms with Crippen molar-refractivity contribution in [1.82, 2.24) is 0 Å². The van der Waals surface area contributed by atoms with E-state index in [2.05, 4.69) is 6.58 Å². The molecule has 2 aromatic carbocycles. The summed E-state index contributed by atoms with van der Waals surface area (Å²) in [6, 6.07) is 9.22. The van der Waals surface area contributed by atoms with Crippen molar-refractivity contribution in [2.24, 2.45) is 0 Å². The van der Waals surface area contributed by atoms with Crippen LogP contribution in [0.15, 0.2) is 36.9 Å². The van der Waals surface area contributed by atoms with Crippen molar-refractivity contribution in [3.05, 3.63) is 53.6 Å². The summed E-state index contributed by atoms with van der Waals surface area (Å²) in [5.41, 5.74) is 4.99. The Bertz CT molecular complexity index is 631. The number of aromatic hydroxyl groups is 2. The van der Waals surface area contributed by atoms with Crippen LogP contribution in [0.5, 0.6) is 11.5 Å². The van der Waals surface area contributed by atoms with Gasteiger partial charge in [0, 0.05) is 0 Å². The van der Waals surface area contributed by atoms with E-state index >= 15 is 0 Å². The quantitative estimate of drug-likeness (QED) is 0.833. The van der Waals surface area contributed by atoms with Crippen molar-refractivity contribution >= 4 is 5.57 Å². The predicted octanol–water partition coefficient (Wildman–Crippen LogP) is 4.41. The highest BCUT2D eigenvalue weighted by molar-refractivity contribution is 5.86. The van der Waals surface area contributed by atoms with Gasteiger partial charge >= 0.3 is 0 Å². The second-order valence-corrected chi connectivity index (χ2v) is 5.01. The Balaban J connectivity index is 2.78. The maximum atomic E-state index is 10.1. The molecule has 0 aliphatic rings. The molecule has 98 valence electrons. The standard InChI is InChI=1S/C17H18O2/c1-10(2)13-6-5-11(3)7-14(13)17-15(18)8-12(4)9-16(17)19/h5-9,18-19H,1H2,2-4H3. The maximum Gasteiger partial charge on any atom is 0.127 e. The van der Waals surface area contributed by atoms with Crippen LogP contribution in [0.1, 0.15) is 23.6 Å². The lowest BCUT2D eigenvalue weighted by molar-refractivity contribution is 0.453. The highest BCUT2D eigenvalue weighted by Gasteiger charge is 2.15. The number of allylic oxidation sites excluding steroid dienone is 1. The van der Waals surface area contributed by atoms with Gasteiger partial charge in [-0.25, -0.2) is 0 Å². The first-order valence-corrected chi connectivity index (χ1v) is 6.19. The van der Waals surface area contributed by atoms with Crippen LogP contribution < -0.4 is 0 Å². The van der Waals surface area contributed by atoms with E-state index in [9.17, 15) is 10.2 Å². The molecule has 19 heavy (non-hydrogen) atoms. The van der Waals surface area contributed by atoms with Crippen molar-refractivity contribution in [1.29, 1.82) is 0 Å². The lowest BCUT2D eigenvalue weighted by Crippen LogP contribution is -1.90. The average Bonchev–Trinajstić information content (AvgIpc) is 2.27. The molecule has 0 amide bonds. The zero-order valence-electron chi connectivity index (χ0n) is 11.5. The molecule has 0 saturated carbocycles. The van der Waals surface area contributed by atoms with Crippen LogP contribution in [0.2, 0.25) is 0 Å². The van der Waals surface area contributed by atoms with Gasteiger partial charge in [0.1, 0.15) is 11.5 Å². The van der Waals surface area contributed by atoms with Crippen molar-refractivity contribution in [3.63, 3.8) is 0 Å². The highest BCUT2D eigenvalue weighted by atomic mass is 16.3.